The van der Waals surface area contributed by atoms with Crippen molar-refractivity contribution in [3.05, 3.63) is 41.8 Å². The lowest BCUT2D eigenvalue weighted by molar-refractivity contribution is 0.580. The molecule has 0 saturated heterocycles. The zero-order chi connectivity index (χ0) is 11.5. The molecule has 1 heterocycles. The van der Waals surface area contributed by atoms with Crippen LogP contribution in [-0.4, -0.2) is 9.97 Å². The second kappa shape index (κ2) is 4.49. The zero-order valence-corrected chi connectivity index (χ0v) is 9.46. The van der Waals surface area contributed by atoms with E-state index in [1.54, 1.807) is 0 Å². The monoisotopic (exact) mass is 235 g/mol. The summed E-state index contributed by atoms with van der Waals surface area (Å²) in [5.74, 6) is -0.375. The van der Waals surface area contributed by atoms with Crippen LogP contribution in [0.3, 0.4) is 0 Å². The fourth-order valence-electron chi connectivity index (χ4n) is 1.21. The third-order valence-corrected chi connectivity index (χ3v) is 3.19. The summed E-state index contributed by atoms with van der Waals surface area (Å²) in [6.45, 7) is 1.96. The molecule has 2 rings (SSSR count). The number of nitrogen functional groups attached to an aromatic ring is 1. The summed E-state index contributed by atoms with van der Waals surface area (Å²) < 4.78 is 13.4. The molecule has 1 aromatic carbocycles. The fourth-order valence-corrected chi connectivity index (χ4v) is 2.08. The van der Waals surface area contributed by atoms with Crippen LogP contribution in [0.1, 0.15) is 5.56 Å². The smallest absolute Gasteiger partial charge is 0.221 e. The van der Waals surface area contributed by atoms with Gasteiger partial charge in [-0.1, -0.05) is 30.0 Å². The normalized spacial score (nSPS) is 10.4. The zero-order valence-electron chi connectivity index (χ0n) is 8.64. The Bertz CT molecular complexity index is 516. The highest BCUT2D eigenvalue weighted by Crippen LogP contribution is 2.30. The second-order valence-electron chi connectivity index (χ2n) is 3.25. The average molecular weight is 235 g/mol. The highest BCUT2D eigenvalue weighted by atomic mass is 32.2. The van der Waals surface area contributed by atoms with Crippen LogP contribution in [0, 0.1) is 12.7 Å². The van der Waals surface area contributed by atoms with E-state index in [0.717, 1.165) is 16.7 Å². The van der Waals surface area contributed by atoms with Gasteiger partial charge in [0.2, 0.25) is 5.95 Å². The van der Waals surface area contributed by atoms with Crippen LogP contribution >= 0.6 is 11.8 Å². The molecule has 2 N–H and O–H groups in total. The molecule has 0 amide bonds. The van der Waals surface area contributed by atoms with E-state index in [1.807, 2.05) is 31.2 Å². The first-order chi connectivity index (χ1) is 7.66. The Hall–Kier alpha value is -1.62. The van der Waals surface area contributed by atoms with Crippen LogP contribution in [0.5, 0.6) is 0 Å². The van der Waals surface area contributed by atoms with Gasteiger partial charge >= 0.3 is 0 Å². The van der Waals surface area contributed by atoms with Gasteiger partial charge in [-0.2, -0.15) is 0 Å². The van der Waals surface area contributed by atoms with Crippen LogP contribution in [-0.2, 0) is 0 Å². The van der Waals surface area contributed by atoms with E-state index in [1.165, 1.54) is 11.8 Å². The van der Waals surface area contributed by atoms with Gasteiger partial charge in [-0.25, -0.2) is 14.4 Å². The number of aromatic nitrogens is 2. The van der Waals surface area contributed by atoms with Crippen molar-refractivity contribution in [2.75, 3.05) is 5.73 Å². The first-order valence-electron chi connectivity index (χ1n) is 4.68. The molecule has 3 nitrogen and oxygen atoms in total. The Balaban J connectivity index is 2.34. The summed E-state index contributed by atoms with van der Waals surface area (Å²) in [7, 11) is 0. The van der Waals surface area contributed by atoms with E-state index in [4.69, 9.17) is 5.73 Å². The molecule has 5 heteroatoms. The molecule has 82 valence electrons. The molecule has 0 fully saturated rings. The summed E-state index contributed by atoms with van der Waals surface area (Å²) >= 11 is 1.25. The van der Waals surface area contributed by atoms with Crippen molar-refractivity contribution in [2.45, 2.75) is 16.8 Å². The summed E-state index contributed by atoms with van der Waals surface area (Å²) in [6.07, 6.45) is 1.09. The Morgan fingerprint density at radius 3 is 2.81 bits per heavy atom. The number of anilines is 1. The van der Waals surface area contributed by atoms with Gasteiger partial charge in [-0.05, 0) is 18.6 Å². The van der Waals surface area contributed by atoms with E-state index in [2.05, 4.69) is 9.97 Å². The fraction of sp³-hybridized carbons (Fsp3) is 0.0909. The lowest BCUT2D eigenvalue weighted by Crippen LogP contribution is -1.97. The molecule has 0 aliphatic carbocycles. The number of benzene rings is 1. The number of nitrogens with two attached hydrogens (primary N) is 1. The minimum Gasteiger partial charge on any atom is -0.368 e. The molecule has 0 bridgehead atoms. The minimum absolute atomic E-state index is 0.0810. The van der Waals surface area contributed by atoms with Crippen LogP contribution in [0.2, 0.25) is 0 Å². The molecule has 0 saturated carbocycles. The van der Waals surface area contributed by atoms with E-state index in [-0.39, 0.29) is 11.0 Å². The molecule has 2 aromatic rings. The minimum atomic E-state index is -0.456. The summed E-state index contributed by atoms with van der Waals surface area (Å²) in [4.78, 5) is 8.40. The Labute approximate surface area is 96.9 Å². The van der Waals surface area contributed by atoms with Gasteiger partial charge in [0.1, 0.15) is 5.03 Å². The third kappa shape index (κ3) is 2.30. The molecule has 1 aromatic heterocycles. The standard InChI is InChI=1S/C11H10FN3S/c1-7-4-2-3-5-9(7)16-10-8(12)6-14-11(13)15-10/h2-6H,1H3,(H2,13,14,15). The van der Waals surface area contributed by atoms with Crippen molar-refractivity contribution in [3.63, 3.8) is 0 Å². The van der Waals surface area contributed by atoms with E-state index in [0.29, 0.717) is 0 Å². The molecular formula is C11H10FN3S. The lowest BCUT2D eigenvalue weighted by atomic mass is 10.2. The predicted octanol–water partition coefficient (Wildman–Crippen LogP) is 2.66. The van der Waals surface area contributed by atoms with Crippen molar-refractivity contribution in [1.82, 2.24) is 9.97 Å². The number of aryl methyl sites for hydroxylation is 1. The highest BCUT2D eigenvalue weighted by molar-refractivity contribution is 7.99. The van der Waals surface area contributed by atoms with Gasteiger partial charge in [0.05, 0.1) is 6.20 Å². The lowest BCUT2D eigenvalue weighted by Gasteiger charge is -2.05. The Kier molecular flexibility index (Phi) is 3.05. The predicted molar refractivity (Wildman–Crippen MR) is 61.7 cm³/mol. The summed E-state index contributed by atoms with van der Waals surface area (Å²) in [6, 6.07) is 7.71. The van der Waals surface area contributed by atoms with Crippen molar-refractivity contribution < 1.29 is 4.39 Å². The maximum absolute atomic E-state index is 13.4. The average Bonchev–Trinajstić information content (AvgIpc) is 2.27. The van der Waals surface area contributed by atoms with Crippen molar-refractivity contribution >= 4 is 17.7 Å². The molecule has 16 heavy (non-hydrogen) atoms. The molecule has 0 aliphatic rings. The molecule has 0 aliphatic heterocycles. The second-order valence-corrected chi connectivity index (χ2v) is 4.28. The Morgan fingerprint density at radius 2 is 2.06 bits per heavy atom. The summed E-state index contributed by atoms with van der Waals surface area (Å²) in [5, 5.41) is 0.252. The van der Waals surface area contributed by atoms with Crippen molar-refractivity contribution in [3.8, 4) is 0 Å². The number of nitrogens with zero attached hydrogens (tertiary/aromatic N) is 2. The van der Waals surface area contributed by atoms with Crippen LogP contribution in [0.15, 0.2) is 40.4 Å². The van der Waals surface area contributed by atoms with Gasteiger partial charge < -0.3 is 5.73 Å². The van der Waals surface area contributed by atoms with Crippen molar-refractivity contribution in [1.29, 1.82) is 0 Å². The first-order valence-corrected chi connectivity index (χ1v) is 5.50. The van der Waals surface area contributed by atoms with Crippen molar-refractivity contribution in [2.24, 2.45) is 0 Å². The quantitative estimate of drug-likeness (QED) is 0.813. The molecule has 0 radical (unpaired) electrons. The Morgan fingerprint density at radius 1 is 1.31 bits per heavy atom. The number of rotatable bonds is 2. The summed E-state index contributed by atoms with van der Waals surface area (Å²) in [5.41, 5.74) is 6.49. The molecule has 0 spiro atoms. The topological polar surface area (TPSA) is 51.8 Å². The van der Waals surface area contributed by atoms with E-state index in [9.17, 15) is 4.39 Å². The highest BCUT2D eigenvalue weighted by Gasteiger charge is 2.08. The largest absolute Gasteiger partial charge is 0.368 e. The third-order valence-electron chi connectivity index (χ3n) is 2.03. The van der Waals surface area contributed by atoms with E-state index < -0.39 is 5.82 Å². The van der Waals surface area contributed by atoms with Gasteiger partial charge in [0.25, 0.3) is 0 Å². The molecule has 0 atom stereocenters. The van der Waals surface area contributed by atoms with Gasteiger partial charge in [-0.15, -0.1) is 0 Å². The van der Waals surface area contributed by atoms with Crippen LogP contribution in [0.4, 0.5) is 10.3 Å². The molecular weight excluding hydrogens is 225 g/mol. The van der Waals surface area contributed by atoms with Gasteiger partial charge in [-0.3, -0.25) is 0 Å². The maximum atomic E-state index is 13.4. The van der Waals surface area contributed by atoms with Crippen LogP contribution < -0.4 is 5.73 Å². The maximum Gasteiger partial charge on any atom is 0.221 e. The van der Waals surface area contributed by atoms with E-state index >= 15 is 0 Å². The number of hydrogen-bond acceptors (Lipinski definition) is 4. The van der Waals surface area contributed by atoms with Gasteiger partial charge in [0, 0.05) is 4.90 Å². The first kappa shape index (κ1) is 10.9. The SMILES string of the molecule is Cc1ccccc1Sc1nc(N)ncc1F. The number of halogens is 1. The molecule has 0 unspecified atom stereocenters. The number of hydrogen-bond donors (Lipinski definition) is 1. The van der Waals surface area contributed by atoms with Crippen LogP contribution in [0.25, 0.3) is 0 Å². The van der Waals surface area contributed by atoms with Gasteiger partial charge in [0.15, 0.2) is 5.82 Å².